The van der Waals surface area contributed by atoms with Gasteiger partial charge in [0.2, 0.25) is 0 Å². The first kappa shape index (κ1) is 16.6. The third-order valence-corrected chi connectivity index (χ3v) is 3.61. The third kappa shape index (κ3) is 3.79. The van der Waals surface area contributed by atoms with Crippen LogP contribution in [0.15, 0.2) is 17.2 Å². The first-order chi connectivity index (χ1) is 9.18. The van der Waals surface area contributed by atoms with Gasteiger partial charge in [-0.25, -0.2) is 4.98 Å². The Morgan fingerprint density at radius 2 is 2.15 bits per heavy atom. The Labute approximate surface area is 125 Å². The smallest absolute Gasteiger partial charge is 0.293 e. The predicted molar refractivity (Wildman–Crippen MR) is 87.3 cm³/mol. The molecule has 1 aromatic rings. The number of hydrogen-bond donors (Lipinski definition) is 1. The van der Waals surface area contributed by atoms with Crippen LogP contribution >= 0.6 is 12.2 Å². The summed E-state index contributed by atoms with van der Waals surface area (Å²) in [5.74, 6) is 0.488. The molecule has 0 aliphatic carbocycles. The molecule has 0 saturated carbocycles. The van der Waals surface area contributed by atoms with Gasteiger partial charge in [0, 0.05) is 36.9 Å². The molecule has 6 heteroatoms. The van der Waals surface area contributed by atoms with Gasteiger partial charge in [-0.1, -0.05) is 19.1 Å². The Kier molecular flexibility index (Phi) is 5.28. The van der Waals surface area contributed by atoms with E-state index in [0.717, 1.165) is 0 Å². The van der Waals surface area contributed by atoms with Gasteiger partial charge in [-0.05, 0) is 27.7 Å². The van der Waals surface area contributed by atoms with Crippen LogP contribution in [0, 0.1) is 5.92 Å². The zero-order valence-electron chi connectivity index (χ0n) is 12.9. The standard InChI is InChI=1S/C14H24N4OS/c1-6-17(9-10(2)11(15)20)12-13(19)18(8-7-16-12)14(3,4)5/h7-8,10H,6,9H2,1-5H3,(H2,15,20). The largest absolute Gasteiger partial charge is 0.393 e. The Hall–Kier alpha value is -1.43. The number of rotatable bonds is 5. The van der Waals surface area contributed by atoms with Crippen LogP contribution in [0.25, 0.3) is 0 Å². The number of anilines is 1. The average molecular weight is 296 g/mol. The van der Waals surface area contributed by atoms with Crippen molar-refractivity contribution in [1.29, 1.82) is 0 Å². The normalized spacial score (nSPS) is 13.1. The van der Waals surface area contributed by atoms with Crippen LogP contribution in [-0.2, 0) is 5.54 Å². The molecule has 5 nitrogen and oxygen atoms in total. The first-order valence-corrected chi connectivity index (χ1v) is 7.21. The van der Waals surface area contributed by atoms with E-state index in [0.29, 0.717) is 23.9 Å². The highest BCUT2D eigenvalue weighted by molar-refractivity contribution is 7.80. The molecule has 20 heavy (non-hydrogen) atoms. The maximum atomic E-state index is 12.6. The summed E-state index contributed by atoms with van der Waals surface area (Å²) in [5.41, 5.74) is 5.29. The topological polar surface area (TPSA) is 64.2 Å². The number of nitrogens with zero attached hydrogens (tertiary/aromatic N) is 3. The van der Waals surface area contributed by atoms with Crippen molar-refractivity contribution in [2.75, 3.05) is 18.0 Å². The van der Waals surface area contributed by atoms with Crippen molar-refractivity contribution >= 4 is 23.0 Å². The second-order valence-corrected chi connectivity index (χ2v) is 6.41. The number of nitrogens with two attached hydrogens (primary N) is 1. The molecule has 0 fully saturated rings. The zero-order chi connectivity index (χ0) is 15.5. The molecule has 112 valence electrons. The van der Waals surface area contributed by atoms with Gasteiger partial charge in [0.15, 0.2) is 5.82 Å². The maximum Gasteiger partial charge on any atom is 0.293 e. The van der Waals surface area contributed by atoms with E-state index in [9.17, 15) is 4.79 Å². The Morgan fingerprint density at radius 3 is 2.60 bits per heavy atom. The van der Waals surface area contributed by atoms with Crippen LogP contribution < -0.4 is 16.2 Å². The predicted octanol–water partition coefficient (Wildman–Crippen LogP) is 1.75. The Balaban J connectivity index is 3.18. The van der Waals surface area contributed by atoms with E-state index in [2.05, 4.69) is 4.98 Å². The van der Waals surface area contributed by atoms with Crippen LogP contribution in [0.2, 0.25) is 0 Å². The molecular formula is C14H24N4OS. The van der Waals surface area contributed by atoms with Gasteiger partial charge in [-0.2, -0.15) is 0 Å². The average Bonchev–Trinajstić information content (AvgIpc) is 2.34. The third-order valence-electron chi connectivity index (χ3n) is 3.21. The van der Waals surface area contributed by atoms with Gasteiger partial charge in [0.1, 0.15) is 0 Å². The molecule has 1 unspecified atom stereocenters. The molecule has 0 saturated heterocycles. The molecule has 0 radical (unpaired) electrons. The summed E-state index contributed by atoms with van der Waals surface area (Å²) in [6.45, 7) is 11.2. The Morgan fingerprint density at radius 1 is 1.55 bits per heavy atom. The lowest BCUT2D eigenvalue weighted by Crippen LogP contribution is -2.41. The monoisotopic (exact) mass is 296 g/mol. The second kappa shape index (κ2) is 6.35. The molecule has 1 rings (SSSR count). The molecule has 1 aromatic heterocycles. The molecule has 1 atom stereocenters. The fraction of sp³-hybridized carbons (Fsp3) is 0.643. The number of thiocarbonyl (C=S) groups is 1. The molecule has 0 amide bonds. The van der Waals surface area contributed by atoms with Crippen LogP contribution in [0.1, 0.15) is 34.6 Å². The van der Waals surface area contributed by atoms with Gasteiger partial charge in [-0.15, -0.1) is 0 Å². The minimum absolute atomic E-state index is 0.0365. The van der Waals surface area contributed by atoms with Crippen molar-refractivity contribution in [3.8, 4) is 0 Å². The SMILES string of the molecule is CCN(CC(C)C(N)=S)c1nccn(C(C)(C)C)c1=O. The lowest BCUT2D eigenvalue weighted by molar-refractivity contribution is 0.382. The summed E-state index contributed by atoms with van der Waals surface area (Å²) in [7, 11) is 0. The minimum Gasteiger partial charge on any atom is -0.393 e. The minimum atomic E-state index is -0.275. The van der Waals surface area contributed by atoms with Gasteiger partial charge < -0.3 is 15.2 Å². The van der Waals surface area contributed by atoms with Gasteiger partial charge >= 0.3 is 0 Å². The van der Waals surface area contributed by atoms with Crippen molar-refractivity contribution in [1.82, 2.24) is 9.55 Å². The highest BCUT2D eigenvalue weighted by Gasteiger charge is 2.20. The maximum absolute atomic E-state index is 12.6. The van der Waals surface area contributed by atoms with Gasteiger partial charge in [0.05, 0.1) is 4.99 Å². The van der Waals surface area contributed by atoms with Crippen LogP contribution in [-0.4, -0.2) is 27.6 Å². The van der Waals surface area contributed by atoms with Crippen molar-refractivity contribution in [2.24, 2.45) is 11.7 Å². The summed E-state index contributed by atoms with van der Waals surface area (Å²) in [6, 6.07) is 0. The van der Waals surface area contributed by atoms with E-state index in [1.54, 1.807) is 17.0 Å². The van der Waals surface area contributed by atoms with E-state index in [1.165, 1.54) is 0 Å². The molecule has 1 heterocycles. The first-order valence-electron chi connectivity index (χ1n) is 6.80. The van der Waals surface area contributed by atoms with Crippen molar-refractivity contribution in [3.05, 3.63) is 22.7 Å². The summed E-state index contributed by atoms with van der Waals surface area (Å²) < 4.78 is 1.70. The lowest BCUT2D eigenvalue weighted by atomic mass is 10.1. The van der Waals surface area contributed by atoms with Crippen LogP contribution in [0.3, 0.4) is 0 Å². The van der Waals surface area contributed by atoms with E-state index >= 15 is 0 Å². The fourth-order valence-corrected chi connectivity index (χ4v) is 2.01. The van der Waals surface area contributed by atoms with E-state index < -0.39 is 0 Å². The van der Waals surface area contributed by atoms with Gasteiger partial charge in [0.25, 0.3) is 5.56 Å². The highest BCUT2D eigenvalue weighted by atomic mass is 32.1. The number of hydrogen-bond acceptors (Lipinski definition) is 4. The molecule has 2 N–H and O–H groups in total. The van der Waals surface area contributed by atoms with Crippen molar-refractivity contribution in [2.45, 2.75) is 40.2 Å². The van der Waals surface area contributed by atoms with E-state index in [1.807, 2.05) is 39.5 Å². The van der Waals surface area contributed by atoms with E-state index in [4.69, 9.17) is 18.0 Å². The summed E-state index contributed by atoms with van der Waals surface area (Å²) in [5, 5.41) is 0. The van der Waals surface area contributed by atoms with Crippen molar-refractivity contribution < 1.29 is 0 Å². The Bertz CT molecular complexity index is 533. The summed E-state index contributed by atoms with van der Waals surface area (Å²) >= 11 is 5.00. The molecule has 0 spiro atoms. The van der Waals surface area contributed by atoms with Crippen LogP contribution in [0.4, 0.5) is 5.82 Å². The van der Waals surface area contributed by atoms with Crippen molar-refractivity contribution in [3.63, 3.8) is 0 Å². The summed E-state index contributed by atoms with van der Waals surface area (Å²) in [6.07, 6.45) is 3.38. The van der Waals surface area contributed by atoms with Gasteiger partial charge in [-0.3, -0.25) is 4.79 Å². The lowest BCUT2D eigenvalue weighted by Gasteiger charge is -2.27. The zero-order valence-corrected chi connectivity index (χ0v) is 13.7. The quantitative estimate of drug-likeness (QED) is 0.839. The molecule has 0 bridgehead atoms. The molecule has 0 aromatic carbocycles. The molecule has 0 aliphatic heterocycles. The molecular weight excluding hydrogens is 272 g/mol. The van der Waals surface area contributed by atoms with E-state index in [-0.39, 0.29) is 17.0 Å². The second-order valence-electron chi connectivity index (χ2n) is 5.94. The fourth-order valence-electron chi connectivity index (χ4n) is 1.93. The number of aromatic nitrogens is 2. The highest BCUT2D eigenvalue weighted by Crippen LogP contribution is 2.13. The van der Waals surface area contributed by atoms with Crippen LogP contribution in [0.5, 0.6) is 0 Å². The summed E-state index contributed by atoms with van der Waals surface area (Å²) in [4.78, 5) is 19.2. The molecule has 0 aliphatic rings.